The predicted molar refractivity (Wildman–Crippen MR) is 73.1 cm³/mol. The summed E-state index contributed by atoms with van der Waals surface area (Å²) in [6.45, 7) is 7.28. The van der Waals surface area contributed by atoms with Gasteiger partial charge in [0.15, 0.2) is 0 Å². The minimum atomic E-state index is 0.272. The zero-order valence-corrected chi connectivity index (χ0v) is 11.7. The van der Waals surface area contributed by atoms with E-state index in [-0.39, 0.29) is 6.04 Å². The lowest BCUT2D eigenvalue weighted by molar-refractivity contribution is 0.111. The smallest absolute Gasteiger partial charge is 0.123 e. The van der Waals surface area contributed by atoms with Gasteiger partial charge in [-0.2, -0.15) is 0 Å². The predicted octanol–water partition coefficient (Wildman–Crippen LogP) is 2.83. The van der Waals surface area contributed by atoms with Crippen LogP contribution in [0, 0.1) is 6.92 Å². The minimum Gasteiger partial charge on any atom is -0.496 e. The van der Waals surface area contributed by atoms with Crippen LogP contribution in [0.1, 0.15) is 37.4 Å². The van der Waals surface area contributed by atoms with Crippen molar-refractivity contribution in [2.24, 2.45) is 0 Å². The van der Waals surface area contributed by atoms with E-state index in [2.05, 4.69) is 38.2 Å². The molecule has 1 N–H and O–H groups in total. The Labute approximate surface area is 109 Å². The molecule has 1 aliphatic rings. The van der Waals surface area contributed by atoms with Gasteiger partial charge in [0.25, 0.3) is 0 Å². The fraction of sp³-hybridized carbons (Fsp3) is 0.600. The molecule has 0 radical (unpaired) electrons. The van der Waals surface area contributed by atoms with E-state index in [0.717, 1.165) is 18.8 Å². The Hall–Kier alpha value is -1.06. The Bertz CT molecular complexity index is 405. The Kier molecular flexibility index (Phi) is 4.25. The number of methoxy groups -OCH3 is 1. The van der Waals surface area contributed by atoms with Crippen molar-refractivity contribution in [3.8, 4) is 5.75 Å². The van der Waals surface area contributed by atoms with Gasteiger partial charge in [0, 0.05) is 24.3 Å². The van der Waals surface area contributed by atoms with Crippen LogP contribution >= 0.6 is 0 Å². The molecule has 0 aromatic heterocycles. The third-order valence-corrected chi connectivity index (χ3v) is 3.69. The second-order valence-electron chi connectivity index (χ2n) is 5.10. The van der Waals surface area contributed by atoms with E-state index in [1.807, 2.05) is 6.07 Å². The Morgan fingerprint density at radius 1 is 1.44 bits per heavy atom. The molecule has 100 valence electrons. The van der Waals surface area contributed by atoms with Crippen molar-refractivity contribution < 1.29 is 9.47 Å². The largest absolute Gasteiger partial charge is 0.496 e. The normalized spacial score (nSPS) is 25.1. The molecular weight excluding hydrogens is 226 g/mol. The molecule has 3 heteroatoms. The highest BCUT2D eigenvalue weighted by Gasteiger charge is 2.26. The number of rotatable bonds is 4. The van der Waals surface area contributed by atoms with Crippen LogP contribution in [-0.2, 0) is 4.74 Å². The van der Waals surface area contributed by atoms with Gasteiger partial charge in [-0.3, -0.25) is 0 Å². The maximum atomic E-state index is 5.59. The minimum absolute atomic E-state index is 0.272. The zero-order valence-electron chi connectivity index (χ0n) is 11.7. The van der Waals surface area contributed by atoms with Gasteiger partial charge in [-0.05, 0) is 33.3 Å². The summed E-state index contributed by atoms with van der Waals surface area (Å²) in [5.74, 6) is 0.951. The third kappa shape index (κ3) is 2.85. The summed E-state index contributed by atoms with van der Waals surface area (Å²) in [5.41, 5.74) is 2.48. The van der Waals surface area contributed by atoms with Crippen LogP contribution in [0.5, 0.6) is 5.75 Å². The lowest BCUT2D eigenvalue weighted by atomic mass is 10.0. The molecular formula is C15H23NO2. The molecule has 1 saturated heterocycles. The van der Waals surface area contributed by atoms with E-state index in [9.17, 15) is 0 Å². The van der Waals surface area contributed by atoms with E-state index >= 15 is 0 Å². The van der Waals surface area contributed by atoms with Crippen LogP contribution in [0.3, 0.4) is 0 Å². The molecule has 1 fully saturated rings. The van der Waals surface area contributed by atoms with E-state index in [1.54, 1.807) is 7.11 Å². The zero-order chi connectivity index (χ0) is 13.1. The van der Waals surface area contributed by atoms with Crippen molar-refractivity contribution in [3.05, 3.63) is 29.3 Å². The maximum absolute atomic E-state index is 5.59. The number of nitrogens with one attached hydrogen (secondary N) is 1. The summed E-state index contributed by atoms with van der Waals surface area (Å²) in [6.07, 6.45) is 1.38. The summed E-state index contributed by atoms with van der Waals surface area (Å²) >= 11 is 0. The average molecular weight is 249 g/mol. The quantitative estimate of drug-likeness (QED) is 0.890. The van der Waals surface area contributed by atoms with Crippen molar-refractivity contribution in [1.82, 2.24) is 5.32 Å². The van der Waals surface area contributed by atoms with Gasteiger partial charge in [0.05, 0.1) is 13.2 Å². The first-order valence-corrected chi connectivity index (χ1v) is 6.64. The van der Waals surface area contributed by atoms with Crippen LogP contribution in [0.15, 0.2) is 18.2 Å². The van der Waals surface area contributed by atoms with Crippen LogP contribution in [0.25, 0.3) is 0 Å². The Morgan fingerprint density at radius 2 is 2.22 bits per heavy atom. The van der Waals surface area contributed by atoms with E-state index in [4.69, 9.17) is 9.47 Å². The number of hydrogen-bond donors (Lipinski definition) is 1. The van der Waals surface area contributed by atoms with Crippen LogP contribution in [0.2, 0.25) is 0 Å². The molecule has 18 heavy (non-hydrogen) atoms. The summed E-state index contributed by atoms with van der Waals surface area (Å²) in [5, 5.41) is 3.64. The first kappa shape index (κ1) is 13.4. The average Bonchev–Trinajstić information content (AvgIpc) is 2.75. The maximum Gasteiger partial charge on any atom is 0.123 e. The molecule has 1 aliphatic heterocycles. The second-order valence-corrected chi connectivity index (χ2v) is 5.10. The molecule has 3 nitrogen and oxygen atoms in total. The highest BCUT2D eigenvalue weighted by atomic mass is 16.5. The lowest BCUT2D eigenvalue weighted by Crippen LogP contribution is -2.36. The molecule has 0 spiro atoms. The molecule has 2 rings (SSSR count). The summed E-state index contributed by atoms with van der Waals surface area (Å²) in [6, 6.07) is 7.02. The van der Waals surface area contributed by atoms with Gasteiger partial charge >= 0.3 is 0 Å². The number of ether oxygens (including phenoxy) is 2. The second kappa shape index (κ2) is 5.72. The highest BCUT2D eigenvalue weighted by Crippen LogP contribution is 2.27. The van der Waals surface area contributed by atoms with Gasteiger partial charge in [-0.1, -0.05) is 17.7 Å². The summed E-state index contributed by atoms with van der Waals surface area (Å²) in [7, 11) is 1.72. The number of aryl methyl sites for hydroxylation is 1. The van der Waals surface area contributed by atoms with Crippen molar-refractivity contribution in [2.45, 2.75) is 45.4 Å². The van der Waals surface area contributed by atoms with Gasteiger partial charge in [0.1, 0.15) is 5.75 Å². The molecule has 1 heterocycles. The molecule has 0 bridgehead atoms. The Morgan fingerprint density at radius 3 is 2.83 bits per heavy atom. The first-order valence-electron chi connectivity index (χ1n) is 6.64. The van der Waals surface area contributed by atoms with Crippen LogP contribution in [0.4, 0.5) is 0 Å². The Balaban J connectivity index is 2.12. The fourth-order valence-corrected chi connectivity index (χ4v) is 2.55. The van der Waals surface area contributed by atoms with Gasteiger partial charge in [-0.25, -0.2) is 0 Å². The van der Waals surface area contributed by atoms with Crippen molar-refractivity contribution in [3.63, 3.8) is 0 Å². The molecule has 0 amide bonds. The van der Waals surface area contributed by atoms with Gasteiger partial charge in [-0.15, -0.1) is 0 Å². The molecule has 1 aromatic carbocycles. The summed E-state index contributed by atoms with van der Waals surface area (Å²) < 4.78 is 11.0. The molecule has 0 aliphatic carbocycles. The van der Waals surface area contributed by atoms with Crippen molar-refractivity contribution in [2.75, 3.05) is 13.7 Å². The molecule has 3 atom stereocenters. The molecule has 1 aromatic rings. The topological polar surface area (TPSA) is 30.5 Å². The van der Waals surface area contributed by atoms with Crippen molar-refractivity contribution in [1.29, 1.82) is 0 Å². The first-order chi connectivity index (χ1) is 8.61. The molecule has 3 unspecified atom stereocenters. The van der Waals surface area contributed by atoms with Gasteiger partial charge in [0.2, 0.25) is 0 Å². The highest BCUT2D eigenvalue weighted by molar-refractivity contribution is 5.38. The van der Waals surface area contributed by atoms with Crippen LogP contribution in [-0.4, -0.2) is 25.9 Å². The summed E-state index contributed by atoms with van der Waals surface area (Å²) in [4.78, 5) is 0. The van der Waals surface area contributed by atoms with Crippen molar-refractivity contribution >= 4 is 0 Å². The van der Waals surface area contributed by atoms with Crippen LogP contribution < -0.4 is 10.1 Å². The SMILES string of the molecule is COc1ccc(C)cc1C(C)NC1CCOC1C. The van der Waals surface area contributed by atoms with Gasteiger partial charge < -0.3 is 14.8 Å². The standard InChI is InChI=1S/C15H23NO2/c1-10-5-6-15(17-4)13(9-10)11(2)16-14-7-8-18-12(14)3/h5-6,9,11-12,14,16H,7-8H2,1-4H3. The van der Waals surface area contributed by atoms with E-state index < -0.39 is 0 Å². The number of hydrogen-bond acceptors (Lipinski definition) is 3. The lowest BCUT2D eigenvalue weighted by Gasteiger charge is -2.23. The fourth-order valence-electron chi connectivity index (χ4n) is 2.55. The molecule has 0 saturated carbocycles. The number of benzene rings is 1. The van der Waals surface area contributed by atoms with E-state index in [0.29, 0.717) is 12.1 Å². The monoisotopic (exact) mass is 249 g/mol. The third-order valence-electron chi connectivity index (χ3n) is 3.69. The van der Waals surface area contributed by atoms with E-state index in [1.165, 1.54) is 11.1 Å².